The second-order valence-electron chi connectivity index (χ2n) is 8.08. The third-order valence-corrected chi connectivity index (χ3v) is 5.66. The summed E-state index contributed by atoms with van der Waals surface area (Å²) >= 11 is 0. The van der Waals surface area contributed by atoms with Crippen LogP contribution in [-0.4, -0.2) is 33.2 Å². The fourth-order valence-electron chi connectivity index (χ4n) is 4.00. The van der Waals surface area contributed by atoms with E-state index in [2.05, 4.69) is 5.32 Å². The number of ether oxygens (including phenoxy) is 1. The molecule has 33 heavy (non-hydrogen) atoms. The van der Waals surface area contributed by atoms with Crippen LogP contribution < -0.4 is 10.1 Å². The number of anilines is 1. The smallest absolute Gasteiger partial charge is 0.284 e. The summed E-state index contributed by atoms with van der Waals surface area (Å²) in [7, 11) is 1.97. The Morgan fingerprint density at radius 3 is 2.42 bits per heavy atom. The molecule has 2 atom stereocenters. The van der Waals surface area contributed by atoms with E-state index in [0.717, 1.165) is 17.0 Å². The van der Waals surface area contributed by atoms with E-state index in [1.165, 1.54) is 6.92 Å². The summed E-state index contributed by atoms with van der Waals surface area (Å²) in [5.74, 6) is 0.347. The average Bonchev–Trinajstić information content (AvgIpc) is 3.44. The van der Waals surface area contributed by atoms with Gasteiger partial charge in [-0.2, -0.15) is 5.10 Å². The molecular formula is C26H28N4O3. The summed E-state index contributed by atoms with van der Waals surface area (Å²) in [6, 6.07) is 20.6. The van der Waals surface area contributed by atoms with Crippen LogP contribution in [0.2, 0.25) is 0 Å². The fraction of sp³-hybridized carbons (Fsp3) is 0.269. The number of carbonyl (C=O) groups excluding carboxylic acids is 2. The molecule has 0 spiro atoms. The topological polar surface area (TPSA) is 75.9 Å². The van der Waals surface area contributed by atoms with Crippen LogP contribution in [0.4, 0.5) is 5.69 Å². The van der Waals surface area contributed by atoms with Gasteiger partial charge in [-0.3, -0.25) is 9.59 Å². The molecule has 2 aromatic carbocycles. The van der Waals surface area contributed by atoms with Crippen molar-refractivity contribution < 1.29 is 14.3 Å². The number of carbonyl (C=O) groups is 2. The predicted octanol–water partition coefficient (Wildman–Crippen LogP) is 4.52. The third-order valence-electron chi connectivity index (χ3n) is 5.66. The Labute approximate surface area is 193 Å². The number of hydrogen-bond acceptors (Lipinski definition) is 4. The minimum Gasteiger partial charge on any atom is -0.481 e. The largest absolute Gasteiger partial charge is 0.481 e. The summed E-state index contributed by atoms with van der Waals surface area (Å²) in [4.78, 5) is 25.0. The van der Waals surface area contributed by atoms with E-state index in [0.29, 0.717) is 24.3 Å². The number of nitrogens with one attached hydrogen (secondary N) is 1. The molecular weight excluding hydrogens is 416 g/mol. The highest BCUT2D eigenvalue weighted by Crippen LogP contribution is 2.34. The van der Waals surface area contributed by atoms with E-state index in [4.69, 9.17) is 9.84 Å². The molecule has 2 amide bonds. The molecule has 0 saturated carbocycles. The van der Waals surface area contributed by atoms with Crippen LogP contribution in [0.15, 0.2) is 78.0 Å². The van der Waals surface area contributed by atoms with Crippen molar-refractivity contribution in [3.05, 3.63) is 84.2 Å². The van der Waals surface area contributed by atoms with Crippen LogP contribution in [0.3, 0.4) is 0 Å². The first kappa shape index (κ1) is 22.3. The van der Waals surface area contributed by atoms with Crippen molar-refractivity contribution in [1.82, 2.24) is 9.58 Å². The lowest BCUT2D eigenvalue weighted by atomic mass is 9.99. The number of hydrogen-bond donors (Lipinski definition) is 1. The van der Waals surface area contributed by atoms with Crippen molar-refractivity contribution in [2.24, 2.45) is 12.1 Å². The molecule has 1 aliphatic heterocycles. The van der Waals surface area contributed by atoms with Crippen LogP contribution in [-0.2, 0) is 16.6 Å². The number of aromatic nitrogens is 1. The first-order valence-corrected chi connectivity index (χ1v) is 11.1. The molecule has 0 bridgehead atoms. The summed E-state index contributed by atoms with van der Waals surface area (Å²) in [5, 5.41) is 9.10. The molecule has 0 aliphatic carbocycles. The molecule has 4 rings (SSSR count). The van der Waals surface area contributed by atoms with Crippen LogP contribution >= 0.6 is 0 Å². The van der Waals surface area contributed by atoms with Crippen molar-refractivity contribution in [3.63, 3.8) is 0 Å². The Morgan fingerprint density at radius 1 is 1.09 bits per heavy atom. The maximum Gasteiger partial charge on any atom is 0.284 e. The Hall–Kier alpha value is -3.87. The first-order chi connectivity index (χ1) is 16.0. The maximum absolute atomic E-state index is 13.6. The van der Waals surface area contributed by atoms with E-state index in [-0.39, 0.29) is 17.9 Å². The van der Waals surface area contributed by atoms with E-state index in [1.54, 1.807) is 5.01 Å². The highest BCUT2D eigenvalue weighted by molar-refractivity contribution is 6.02. The van der Waals surface area contributed by atoms with Crippen LogP contribution in [0, 0.1) is 0 Å². The van der Waals surface area contributed by atoms with Crippen molar-refractivity contribution in [3.8, 4) is 5.75 Å². The highest BCUT2D eigenvalue weighted by Gasteiger charge is 2.37. The van der Waals surface area contributed by atoms with Gasteiger partial charge in [0.2, 0.25) is 5.91 Å². The molecule has 7 heteroatoms. The van der Waals surface area contributed by atoms with Gasteiger partial charge < -0.3 is 14.6 Å². The molecule has 0 radical (unpaired) electrons. The molecule has 1 aromatic heterocycles. The first-order valence-electron chi connectivity index (χ1n) is 11.1. The van der Waals surface area contributed by atoms with Crippen molar-refractivity contribution in [2.45, 2.75) is 38.8 Å². The van der Waals surface area contributed by atoms with Gasteiger partial charge in [0.05, 0.1) is 17.4 Å². The van der Waals surface area contributed by atoms with Gasteiger partial charge in [0, 0.05) is 32.3 Å². The standard InChI is InChI=1S/C26H28N4O3/c1-4-25(33-21-9-6-5-7-10-21)26(32)30-24(17-22(28-30)23-11-8-16-29(23)3)19-12-14-20(15-13-19)27-18(2)31/h5-16,24-25H,4,17H2,1-3H3,(H,27,31). The number of aryl methyl sites for hydroxylation is 1. The number of nitrogens with zero attached hydrogens (tertiary/aromatic N) is 3. The minimum absolute atomic E-state index is 0.126. The number of rotatable bonds is 7. The monoisotopic (exact) mass is 444 g/mol. The summed E-state index contributed by atoms with van der Waals surface area (Å²) in [5.41, 5.74) is 3.48. The maximum atomic E-state index is 13.6. The molecule has 2 unspecified atom stereocenters. The van der Waals surface area contributed by atoms with Gasteiger partial charge in [-0.05, 0) is 48.4 Å². The van der Waals surface area contributed by atoms with E-state index in [9.17, 15) is 9.59 Å². The quantitative estimate of drug-likeness (QED) is 0.582. The van der Waals surface area contributed by atoms with E-state index < -0.39 is 6.10 Å². The molecule has 0 saturated heterocycles. The van der Waals surface area contributed by atoms with Crippen molar-refractivity contribution >= 4 is 23.2 Å². The van der Waals surface area contributed by atoms with Gasteiger partial charge in [0.1, 0.15) is 5.75 Å². The average molecular weight is 445 g/mol. The van der Waals surface area contributed by atoms with Gasteiger partial charge in [-0.1, -0.05) is 37.3 Å². The van der Waals surface area contributed by atoms with Gasteiger partial charge in [0.15, 0.2) is 6.10 Å². The van der Waals surface area contributed by atoms with Gasteiger partial charge in [-0.15, -0.1) is 0 Å². The zero-order valence-corrected chi connectivity index (χ0v) is 19.1. The number of para-hydroxylation sites is 1. The van der Waals surface area contributed by atoms with Crippen LogP contribution in [0.25, 0.3) is 0 Å². The van der Waals surface area contributed by atoms with Gasteiger partial charge in [0.25, 0.3) is 5.91 Å². The third kappa shape index (κ3) is 4.98. The molecule has 3 aromatic rings. The molecule has 0 fully saturated rings. The zero-order valence-electron chi connectivity index (χ0n) is 19.1. The normalized spacial score (nSPS) is 16.3. The lowest BCUT2D eigenvalue weighted by Gasteiger charge is -2.26. The zero-order chi connectivity index (χ0) is 23.4. The van der Waals surface area contributed by atoms with Crippen LogP contribution in [0.1, 0.15) is 44.0 Å². The number of benzene rings is 2. The Kier molecular flexibility index (Phi) is 6.58. The second kappa shape index (κ2) is 9.73. The number of amides is 2. The molecule has 1 N–H and O–H groups in total. The summed E-state index contributed by atoms with van der Waals surface area (Å²) < 4.78 is 8.02. The SMILES string of the molecule is CCC(Oc1ccccc1)C(=O)N1N=C(c2cccn2C)CC1c1ccc(NC(C)=O)cc1. The van der Waals surface area contributed by atoms with Gasteiger partial charge in [-0.25, -0.2) is 5.01 Å². The lowest BCUT2D eigenvalue weighted by Crippen LogP contribution is -2.39. The molecule has 1 aliphatic rings. The predicted molar refractivity (Wildman–Crippen MR) is 128 cm³/mol. The van der Waals surface area contributed by atoms with E-state index >= 15 is 0 Å². The van der Waals surface area contributed by atoms with Crippen LogP contribution in [0.5, 0.6) is 5.75 Å². The summed E-state index contributed by atoms with van der Waals surface area (Å²) in [6.45, 7) is 3.41. The lowest BCUT2D eigenvalue weighted by molar-refractivity contribution is -0.140. The fourth-order valence-corrected chi connectivity index (χ4v) is 4.00. The minimum atomic E-state index is -0.648. The van der Waals surface area contributed by atoms with E-state index in [1.807, 2.05) is 91.5 Å². The Morgan fingerprint density at radius 2 is 1.82 bits per heavy atom. The Bertz CT molecular complexity index is 1150. The second-order valence-corrected chi connectivity index (χ2v) is 8.08. The highest BCUT2D eigenvalue weighted by atomic mass is 16.5. The Balaban J connectivity index is 1.64. The molecule has 170 valence electrons. The van der Waals surface area contributed by atoms with Crippen molar-refractivity contribution in [2.75, 3.05) is 5.32 Å². The number of hydrazone groups is 1. The van der Waals surface area contributed by atoms with Crippen molar-refractivity contribution in [1.29, 1.82) is 0 Å². The summed E-state index contributed by atoms with van der Waals surface area (Å²) in [6.07, 6.45) is 2.43. The van der Waals surface area contributed by atoms with Gasteiger partial charge >= 0.3 is 0 Å². The molecule has 2 heterocycles. The molecule has 7 nitrogen and oxygen atoms in total.